The third-order valence-electron chi connectivity index (χ3n) is 3.78. The molecular weight excluding hydrogens is 352 g/mol. The molecule has 0 saturated carbocycles. The predicted molar refractivity (Wildman–Crippen MR) is 104 cm³/mol. The van der Waals surface area contributed by atoms with Crippen molar-refractivity contribution in [2.75, 3.05) is 11.9 Å². The van der Waals surface area contributed by atoms with Crippen molar-refractivity contribution in [3.63, 3.8) is 0 Å². The Morgan fingerprint density at radius 1 is 1.08 bits per heavy atom. The van der Waals surface area contributed by atoms with Gasteiger partial charge in [-0.3, -0.25) is 9.59 Å². The zero-order chi connectivity index (χ0) is 19.1. The topological polar surface area (TPSA) is 67.4 Å². The van der Waals surface area contributed by atoms with Crippen LogP contribution in [0.1, 0.15) is 31.1 Å². The molecule has 1 atom stereocenters. The molecule has 26 heavy (non-hydrogen) atoms. The maximum Gasteiger partial charge on any atom is 0.255 e. The van der Waals surface area contributed by atoms with E-state index < -0.39 is 6.04 Å². The van der Waals surface area contributed by atoms with Crippen LogP contribution < -0.4 is 15.4 Å². The smallest absolute Gasteiger partial charge is 0.255 e. The molecule has 2 aromatic carbocycles. The minimum absolute atomic E-state index is 0.0921. The Hall–Kier alpha value is -2.53. The number of carbonyl (C=O) groups excluding carboxylic acids is 2. The lowest BCUT2D eigenvalue weighted by Gasteiger charge is -2.22. The highest BCUT2D eigenvalue weighted by Gasteiger charge is 2.26. The zero-order valence-corrected chi connectivity index (χ0v) is 15.8. The van der Waals surface area contributed by atoms with Gasteiger partial charge in [-0.05, 0) is 49.2 Å². The Morgan fingerprint density at radius 3 is 2.35 bits per heavy atom. The van der Waals surface area contributed by atoms with E-state index >= 15 is 0 Å². The molecule has 138 valence electrons. The molecule has 1 unspecified atom stereocenters. The van der Waals surface area contributed by atoms with E-state index in [1.165, 1.54) is 0 Å². The van der Waals surface area contributed by atoms with Crippen molar-refractivity contribution < 1.29 is 14.3 Å². The SMILES string of the molecule is CCOc1ccccc1C(=O)NC(C(=O)Nc1ccc(Cl)cc1)C(C)C. The molecule has 2 rings (SSSR count). The largest absolute Gasteiger partial charge is 0.493 e. The van der Waals surface area contributed by atoms with Gasteiger partial charge in [-0.15, -0.1) is 0 Å². The highest BCUT2D eigenvalue weighted by molar-refractivity contribution is 6.30. The lowest BCUT2D eigenvalue weighted by Crippen LogP contribution is -2.47. The number of anilines is 1. The average molecular weight is 375 g/mol. The van der Waals surface area contributed by atoms with Crippen LogP contribution in [0.2, 0.25) is 5.02 Å². The summed E-state index contributed by atoms with van der Waals surface area (Å²) in [7, 11) is 0. The molecule has 0 radical (unpaired) electrons. The van der Waals surface area contributed by atoms with Crippen LogP contribution in [0, 0.1) is 5.92 Å². The number of hydrogen-bond donors (Lipinski definition) is 2. The van der Waals surface area contributed by atoms with Crippen molar-refractivity contribution in [3.8, 4) is 5.75 Å². The van der Waals surface area contributed by atoms with Gasteiger partial charge in [-0.1, -0.05) is 37.6 Å². The summed E-state index contributed by atoms with van der Waals surface area (Å²) in [5.74, 6) is -0.234. The highest BCUT2D eigenvalue weighted by atomic mass is 35.5. The third-order valence-corrected chi connectivity index (χ3v) is 4.03. The summed E-state index contributed by atoms with van der Waals surface area (Å²) in [4.78, 5) is 25.3. The van der Waals surface area contributed by atoms with Crippen molar-refractivity contribution in [1.82, 2.24) is 5.32 Å². The summed E-state index contributed by atoms with van der Waals surface area (Å²) < 4.78 is 5.49. The van der Waals surface area contributed by atoms with Gasteiger partial charge >= 0.3 is 0 Å². The summed E-state index contributed by atoms with van der Waals surface area (Å²) in [6, 6.07) is 13.1. The number of halogens is 1. The summed E-state index contributed by atoms with van der Waals surface area (Å²) in [6.45, 7) is 6.06. The second-order valence-electron chi connectivity index (χ2n) is 6.12. The second-order valence-corrected chi connectivity index (χ2v) is 6.56. The standard InChI is InChI=1S/C20H23ClN2O3/c1-4-26-17-8-6-5-7-16(17)19(24)23-18(13(2)3)20(25)22-15-11-9-14(21)10-12-15/h5-13,18H,4H2,1-3H3,(H,22,25)(H,23,24). The number of nitrogens with one attached hydrogen (secondary N) is 2. The highest BCUT2D eigenvalue weighted by Crippen LogP contribution is 2.19. The Labute approximate surface area is 158 Å². The maximum atomic E-state index is 12.7. The minimum Gasteiger partial charge on any atom is -0.493 e. The van der Waals surface area contributed by atoms with Crippen LogP contribution in [0.5, 0.6) is 5.75 Å². The van der Waals surface area contributed by atoms with Crippen LogP contribution in [0.15, 0.2) is 48.5 Å². The Kier molecular flexibility index (Phi) is 7.04. The number of hydrogen-bond acceptors (Lipinski definition) is 3. The zero-order valence-electron chi connectivity index (χ0n) is 15.1. The van der Waals surface area contributed by atoms with E-state index in [9.17, 15) is 9.59 Å². The lowest BCUT2D eigenvalue weighted by atomic mass is 10.0. The molecule has 0 spiro atoms. The molecule has 0 aliphatic carbocycles. The molecule has 0 bridgehead atoms. The van der Waals surface area contributed by atoms with Gasteiger partial charge in [0.2, 0.25) is 5.91 Å². The lowest BCUT2D eigenvalue weighted by molar-refractivity contribution is -0.118. The van der Waals surface area contributed by atoms with Crippen LogP contribution in [-0.4, -0.2) is 24.5 Å². The van der Waals surface area contributed by atoms with E-state index in [1.54, 1.807) is 48.5 Å². The quantitative estimate of drug-likeness (QED) is 0.765. The molecule has 0 fully saturated rings. The summed E-state index contributed by atoms with van der Waals surface area (Å²) in [6.07, 6.45) is 0. The summed E-state index contributed by atoms with van der Waals surface area (Å²) in [5, 5.41) is 6.20. The van der Waals surface area contributed by atoms with Gasteiger partial charge in [0.05, 0.1) is 12.2 Å². The van der Waals surface area contributed by atoms with Crippen LogP contribution in [-0.2, 0) is 4.79 Å². The van der Waals surface area contributed by atoms with E-state index in [-0.39, 0.29) is 17.7 Å². The second kappa shape index (κ2) is 9.25. The number of amides is 2. The molecule has 5 nitrogen and oxygen atoms in total. The van der Waals surface area contributed by atoms with Gasteiger partial charge in [0.25, 0.3) is 5.91 Å². The van der Waals surface area contributed by atoms with Crippen molar-refractivity contribution in [2.24, 2.45) is 5.92 Å². The van der Waals surface area contributed by atoms with Crippen molar-refractivity contribution >= 4 is 29.1 Å². The van der Waals surface area contributed by atoms with Crippen molar-refractivity contribution in [1.29, 1.82) is 0 Å². The number of rotatable bonds is 7. The molecule has 2 amide bonds. The molecule has 0 heterocycles. The molecule has 0 saturated heterocycles. The van der Waals surface area contributed by atoms with Gasteiger partial charge in [-0.25, -0.2) is 0 Å². The van der Waals surface area contributed by atoms with E-state index in [4.69, 9.17) is 16.3 Å². The van der Waals surface area contributed by atoms with Crippen molar-refractivity contribution in [2.45, 2.75) is 26.8 Å². The van der Waals surface area contributed by atoms with Crippen LogP contribution >= 0.6 is 11.6 Å². The fourth-order valence-electron chi connectivity index (χ4n) is 2.44. The molecule has 0 aliphatic heterocycles. The number of ether oxygens (including phenoxy) is 1. The first-order valence-electron chi connectivity index (χ1n) is 8.51. The van der Waals surface area contributed by atoms with Gasteiger partial charge < -0.3 is 15.4 Å². The maximum absolute atomic E-state index is 12.7. The number of benzene rings is 2. The Morgan fingerprint density at radius 2 is 1.73 bits per heavy atom. The van der Waals surface area contributed by atoms with Crippen LogP contribution in [0.3, 0.4) is 0 Å². The van der Waals surface area contributed by atoms with Gasteiger partial charge in [0.15, 0.2) is 0 Å². The first-order chi connectivity index (χ1) is 12.4. The first-order valence-corrected chi connectivity index (χ1v) is 8.89. The van der Waals surface area contributed by atoms with E-state index in [1.807, 2.05) is 20.8 Å². The Balaban J connectivity index is 2.13. The van der Waals surface area contributed by atoms with Crippen LogP contribution in [0.25, 0.3) is 0 Å². The molecule has 6 heteroatoms. The molecule has 2 aromatic rings. The summed E-state index contributed by atoms with van der Waals surface area (Å²) in [5.41, 5.74) is 1.02. The van der Waals surface area contributed by atoms with E-state index in [0.29, 0.717) is 28.6 Å². The molecule has 0 aromatic heterocycles. The van der Waals surface area contributed by atoms with Gasteiger partial charge in [-0.2, -0.15) is 0 Å². The fourth-order valence-corrected chi connectivity index (χ4v) is 2.57. The Bertz CT molecular complexity index is 760. The van der Waals surface area contributed by atoms with Gasteiger partial charge in [0.1, 0.15) is 11.8 Å². The number of para-hydroxylation sites is 1. The van der Waals surface area contributed by atoms with E-state index in [2.05, 4.69) is 10.6 Å². The molecular formula is C20H23ClN2O3. The average Bonchev–Trinajstić information content (AvgIpc) is 2.61. The van der Waals surface area contributed by atoms with Gasteiger partial charge in [0, 0.05) is 10.7 Å². The fraction of sp³-hybridized carbons (Fsp3) is 0.300. The molecule has 2 N–H and O–H groups in total. The predicted octanol–water partition coefficient (Wildman–Crippen LogP) is 4.13. The minimum atomic E-state index is -0.687. The van der Waals surface area contributed by atoms with Crippen LogP contribution in [0.4, 0.5) is 5.69 Å². The first kappa shape index (κ1) is 19.8. The van der Waals surface area contributed by atoms with E-state index in [0.717, 1.165) is 0 Å². The van der Waals surface area contributed by atoms with Crippen molar-refractivity contribution in [3.05, 3.63) is 59.1 Å². The number of carbonyl (C=O) groups is 2. The normalized spacial score (nSPS) is 11.7. The molecule has 0 aliphatic rings. The summed E-state index contributed by atoms with van der Waals surface area (Å²) >= 11 is 5.86. The monoisotopic (exact) mass is 374 g/mol. The third kappa shape index (κ3) is 5.23.